The van der Waals surface area contributed by atoms with Gasteiger partial charge in [-0.3, -0.25) is 4.79 Å². The molecule has 0 saturated heterocycles. The first kappa shape index (κ1) is 11.5. The van der Waals surface area contributed by atoms with E-state index in [1.807, 2.05) is 0 Å². The number of carbonyl (C=O) groups is 1. The standard InChI is InChI=1S/C11H22N2O/c1-4-9(3)13-11(10(12)14)7-5-6-8(11)2/h8-9,13H,4-7H2,1-3H3,(H2,12,14). The van der Waals surface area contributed by atoms with Gasteiger partial charge in [-0.05, 0) is 32.1 Å². The molecule has 0 aromatic carbocycles. The number of nitrogens with two attached hydrogens (primary N) is 1. The van der Waals surface area contributed by atoms with Crippen molar-refractivity contribution in [2.24, 2.45) is 11.7 Å². The van der Waals surface area contributed by atoms with Crippen molar-refractivity contribution in [3.63, 3.8) is 0 Å². The SMILES string of the molecule is CCC(C)NC1(C(N)=O)CCCC1C. The Morgan fingerprint density at radius 1 is 1.71 bits per heavy atom. The molecule has 14 heavy (non-hydrogen) atoms. The largest absolute Gasteiger partial charge is 0.368 e. The third kappa shape index (κ3) is 1.92. The third-order valence-corrected chi connectivity index (χ3v) is 3.61. The van der Waals surface area contributed by atoms with E-state index in [1.165, 1.54) is 0 Å². The van der Waals surface area contributed by atoms with Gasteiger partial charge in [0, 0.05) is 6.04 Å². The number of hydrogen-bond donors (Lipinski definition) is 2. The highest BCUT2D eigenvalue weighted by atomic mass is 16.1. The second-order valence-electron chi connectivity index (χ2n) is 4.58. The Morgan fingerprint density at radius 3 is 2.71 bits per heavy atom. The molecule has 1 amide bonds. The number of hydrogen-bond acceptors (Lipinski definition) is 2. The fraction of sp³-hybridized carbons (Fsp3) is 0.909. The van der Waals surface area contributed by atoms with Crippen LogP contribution in [-0.2, 0) is 4.79 Å². The third-order valence-electron chi connectivity index (χ3n) is 3.61. The van der Waals surface area contributed by atoms with E-state index < -0.39 is 5.54 Å². The average molecular weight is 198 g/mol. The van der Waals surface area contributed by atoms with Gasteiger partial charge in [-0.25, -0.2) is 0 Å². The van der Waals surface area contributed by atoms with Crippen LogP contribution in [0, 0.1) is 5.92 Å². The monoisotopic (exact) mass is 198 g/mol. The van der Waals surface area contributed by atoms with Gasteiger partial charge in [0.15, 0.2) is 0 Å². The van der Waals surface area contributed by atoms with E-state index in [4.69, 9.17) is 5.73 Å². The highest BCUT2D eigenvalue weighted by molar-refractivity contribution is 5.85. The van der Waals surface area contributed by atoms with E-state index in [-0.39, 0.29) is 5.91 Å². The van der Waals surface area contributed by atoms with E-state index in [1.54, 1.807) is 0 Å². The van der Waals surface area contributed by atoms with Gasteiger partial charge in [0.1, 0.15) is 5.54 Å². The molecule has 3 unspecified atom stereocenters. The Hall–Kier alpha value is -0.570. The fourth-order valence-electron chi connectivity index (χ4n) is 2.37. The molecular formula is C11H22N2O. The van der Waals surface area contributed by atoms with Crippen LogP contribution < -0.4 is 11.1 Å². The zero-order chi connectivity index (χ0) is 10.8. The van der Waals surface area contributed by atoms with Crippen LogP contribution in [0.15, 0.2) is 0 Å². The second kappa shape index (κ2) is 4.30. The Morgan fingerprint density at radius 2 is 2.36 bits per heavy atom. The van der Waals surface area contributed by atoms with Crippen LogP contribution >= 0.6 is 0 Å². The summed E-state index contributed by atoms with van der Waals surface area (Å²) in [7, 11) is 0. The minimum atomic E-state index is -0.435. The Bertz CT molecular complexity index is 217. The maximum Gasteiger partial charge on any atom is 0.238 e. The van der Waals surface area contributed by atoms with E-state index in [0.29, 0.717) is 12.0 Å². The van der Waals surface area contributed by atoms with Crippen molar-refractivity contribution in [1.82, 2.24) is 5.32 Å². The molecule has 0 heterocycles. The van der Waals surface area contributed by atoms with Crippen LogP contribution in [0.4, 0.5) is 0 Å². The van der Waals surface area contributed by atoms with Crippen LogP contribution in [0.25, 0.3) is 0 Å². The lowest BCUT2D eigenvalue weighted by molar-refractivity contribution is -0.126. The zero-order valence-corrected chi connectivity index (χ0v) is 9.47. The quantitative estimate of drug-likeness (QED) is 0.717. The number of amides is 1. The topological polar surface area (TPSA) is 55.1 Å². The molecule has 1 rings (SSSR count). The molecule has 3 heteroatoms. The maximum atomic E-state index is 11.5. The van der Waals surface area contributed by atoms with Crippen LogP contribution in [0.1, 0.15) is 46.5 Å². The first-order chi connectivity index (χ1) is 6.53. The van der Waals surface area contributed by atoms with Crippen molar-refractivity contribution in [1.29, 1.82) is 0 Å². The zero-order valence-electron chi connectivity index (χ0n) is 9.47. The van der Waals surface area contributed by atoms with Gasteiger partial charge in [0.2, 0.25) is 5.91 Å². The average Bonchev–Trinajstić information content (AvgIpc) is 2.49. The summed E-state index contributed by atoms with van der Waals surface area (Å²) in [6.45, 7) is 6.34. The van der Waals surface area contributed by atoms with Gasteiger partial charge in [-0.2, -0.15) is 0 Å². The summed E-state index contributed by atoms with van der Waals surface area (Å²) in [5, 5.41) is 3.42. The summed E-state index contributed by atoms with van der Waals surface area (Å²) >= 11 is 0. The van der Waals surface area contributed by atoms with Crippen LogP contribution in [0.3, 0.4) is 0 Å². The summed E-state index contributed by atoms with van der Waals surface area (Å²) in [5.74, 6) is 0.191. The van der Waals surface area contributed by atoms with Gasteiger partial charge in [0.05, 0.1) is 0 Å². The molecule has 3 N–H and O–H groups in total. The van der Waals surface area contributed by atoms with Crippen molar-refractivity contribution >= 4 is 5.91 Å². The van der Waals surface area contributed by atoms with Crippen molar-refractivity contribution in [2.45, 2.75) is 58.0 Å². The van der Waals surface area contributed by atoms with Gasteiger partial charge in [0.25, 0.3) is 0 Å². The van der Waals surface area contributed by atoms with Gasteiger partial charge >= 0.3 is 0 Å². The van der Waals surface area contributed by atoms with E-state index in [2.05, 4.69) is 26.1 Å². The highest BCUT2D eigenvalue weighted by Gasteiger charge is 2.45. The molecule has 0 spiro atoms. The summed E-state index contributed by atoms with van der Waals surface area (Å²) in [6, 6.07) is 0.364. The summed E-state index contributed by atoms with van der Waals surface area (Å²) in [5.41, 5.74) is 5.09. The molecule has 1 aliphatic rings. The molecule has 3 nitrogen and oxygen atoms in total. The smallest absolute Gasteiger partial charge is 0.238 e. The summed E-state index contributed by atoms with van der Waals surface area (Å²) in [6.07, 6.45) is 4.13. The van der Waals surface area contributed by atoms with Crippen molar-refractivity contribution in [3.8, 4) is 0 Å². The number of nitrogens with one attached hydrogen (secondary N) is 1. The number of rotatable bonds is 4. The molecule has 1 saturated carbocycles. The maximum absolute atomic E-state index is 11.5. The molecule has 1 fully saturated rings. The van der Waals surface area contributed by atoms with Crippen molar-refractivity contribution in [2.75, 3.05) is 0 Å². The lowest BCUT2D eigenvalue weighted by atomic mass is 9.86. The predicted octanol–water partition coefficient (Wildman–Crippen LogP) is 1.42. The molecule has 3 atom stereocenters. The van der Waals surface area contributed by atoms with Crippen molar-refractivity contribution in [3.05, 3.63) is 0 Å². The molecule has 0 radical (unpaired) electrons. The highest BCUT2D eigenvalue weighted by Crippen LogP contribution is 2.35. The molecular weight excluding hydrogens is 176 g/mol. The Balaban J connectivity index is 2.77. The van der Waals surface area contributed by atoms with Crippen molar-refractivity contribution < 1.29 is 4.79 Å². The van der Waals surface area contributed by atoms with Gasteiger partial charge < -0.3 is 11.1 Å². The number of carbonyl (C=O) groups excluding carboxylic acids is 1. The Kier molecular flexibility index (Phi) is 3.53. The van der Waals surface area contributed by atoms with Gasteiger partial charge in [-0.15, -0.1) is 0 Å². The fourth-order valence-corrected chi connectivity index (χ4v) is 2.37. The van der Waals surface area contributed by atoms with E-state index in [0.717, 1.165) is 25.7 Å². The number of primary amides is 1. The first-order valence-corrected chi connectivity index (χ1v) is 5.60. The summed E-state index contributed by atoms with van der Waals surface area (Å²) in [4.78, 5) is 11.5. The second-order valence-corrected chi connectivity index (χ2v) is 4.58. The molecule has 82 valence electrons. The molecule has 0 aliphatic heterocycles. The molecule has 0 aromatic heterocycles. The van der Waals surface area contributed by atoms with Crippen LogP contribution in [0.2, 0.25) is 0 Å². The lowest BCUT2D eigenvalue weighted by Crippen LogP contribution is -2.59. The molecule has 0 bridgehead atoms. The normalized spacial score (nSPS) is 34.4. The lowest BCUT2D eigenvalue weighted by Gasteiger charge is -2.34. The minimum Gasteiger partial charge on any atom is -0.368 e. The van der Waals surface area contributed by atoms with Crippen LogP contribution in [0.5, 0.6) is 0 Å². The van der Waals surface area contributed by atoms with E-state index in [9.17, 15) is 4.79 Å². The summed E-state index contributed by atoms with van der Waals surface area (Å²) < 4.78 is 0. The molecule has 0 aromatic rings. The Labute approximate surface area is 86.4 Å². The van der Waals surface area contributed by atoms with E-state index >= 15 is 0 Å². The molecule has 1 aliphatic carbocycles. The van der Waals surface area contributed by atoms with Gasteiger partial charge in [-0.1, -0.05) is 20.3 Å². The first-order valence-electron chi connectivity index (χ1n) is 5.60. The minimum absolute atomic E-state index is 0.178. The predicted molar refractivity (Wildman–Crippen MR) is 57.8 cm³/mol. The van der Waals surface area contributed by atoms with Crippen LogP contribution in [-0.4, -0.2) is 17.5 Å².